The number of rotatable bonds is 3. The van der Waals surface area contributed by atoms with Crippen LogP contribution in [0.1, 0.15) is 5.56 Å². The van der Waals surface area contributed by atoms with Gasteiger partial charge in [-0.3, -0.25) is 4.98 Å². The van der Waals surface area contributed by atoms with Gasteiger partial charge in [0, 0.05) is 50.1 Å². The molecule has 5 rings (SSSR count). The summed E-state index contributed by atoms with van der Waals surface area (Å²) in [7, 11) is 0. The predicted molar refractivity (Wildman–Crippen MR) is 125 cm³/mol. The maximum Gasteiger partial charge on any atom is 0.0719 e. The SMILES string of the molecule is Cc1cc(-c2[c-]ccc(F)c2)ncc1-c1ccccn1.[Ir].[c-]1ccccc1-c1ccccn1. The van der Waals surface area contributed by atoms with E-state index in [4.69, 9.17) is 0 Å². The molecule has 165 valence electrons. The zero-order valence-electron chi connectivity index (χ0n) is 17.9. The predicted octanol–water partition coefficient (Wildman–Crippen LogP) is 6.60. The van der Waals surface area contributed by atoms with Gasteiger partial charge in [-0.25, -0.2) is 4.39 Å². The van der Waals surface area contributed by atoms with E-state index in [1.807, 2.05) is 73.7 Å². The summed E-state index contributed by atoms with van der Waals surface area (Å²) in [5.41, 5.74) is 6.28. The molecular weight excluding hydrogens is 590 g/mol. The van der Waals surface area contributed by atoms with Gasteiger partial charge in [0.2, 0.25) is 0 Å². The molecule has 1 radical (unpaired) electrons. The van der Waals surface area contributed by atoms with Crippen LogP contribution in [0.15, 0.2) is 104 Å². The van der Waals surface area contributed by atoms with E-state index in [1.54, 1.807) is 24.7 Å². The maximum atomic E-state index is 13.2. The molecule has 0 aliphatic rings. The molecule has 33 heavy (non-hydrogen) atoms. The van der Waals surface area contributed by atoms with Crippen LogP contribution in [-0.2, 0) is 20.1 Å². The van der Waals surface area contributed by atoms with Crippen LogP contribution < -0.4 is 0 Å². The van der Waals surface area contributed by atoms with E-state index in [0.29, 0.717) is 11.3 Å². The van der Waals surface area contributed by atoms with Gasteiger partial charge in [-0.15, -0.1) is 65.7 Å². The first kappa shape index (κ1) is 24.1. The fraction of sp³-hybridized carbons (Fsp3) is 0.0357. The van der Waals surface area contributed by atoms with Crippen LogP contribution in [0.25, 0.3) is 33.8 Å². The summed E-state index contributed by atoms with van der Waals surface area (Å²) in [4.78, 5) is 12.9. The van der Waals surface area contributed by atoms with Crippen LogP contribution in [0.5, 0.6) is 0 Å². The fourth-order valence-corrected chi connectivity index (χ4v) is 3.15. The van der Waals surface area contributed by atoms with E-state index in [0.717, 1.165) is 28.1 Å². The Morgan fingerprint density at radius 1 is 0.667 bits per heavy atom. The zero-order valence-corrected chi connectivity index (χ0v) is 20.3. The van der Waals surface area contributed by atoms with Crippen molar-refractivity contribution in [2.45, 2.75) is 6.92 Å². The molecule has 0 atom stereocenters. The average Bonchev–Trinajstić information content (AvgIpc) is 2.86. The first-order valence-electron chi connectivity index (χ1n) is 10.1. The van der Waals surface area contributed by atoms with Crippen molar-refractivity contribution < 1.29 is 24.5 Å². The van der Waals surface area contributed by atoms with E-state index in [1.165, 1.54) is 12.1 Å². The Morgan fingerprint density at radius 2 is 1.36 bits per heavy atom. The first-order valence-corrected chi connectivity index (χ1v) is 10.1. The second kappa shape index (κ2) is 11.9. The summed E-state index contributed by atoms with van der Waals surface area (Å²) >= 11 is 0. The van der Waals surface area contributed by atoms with Crippen LogP contribution >= 0.6 is 0 Å². The van der Waals surface area contributed by atoms with Crippen molar-refractivity contribution in [1.29, 1.82) is 0 Å². The van der Waals surface area contributed by atoms with E-state index < -0.39 is 0 Å². The van der Waals surface area contributed by atoms with Crippen molar-refractivity contribution in [3.63, 3.8) is 0 Å². The topological polar surface area (TPSA) is 38.7 Å². The summed E-state index contributed by atoms with van der Waals surface area (Å²) in [5.74, 6) is -0.285. The first-order chi connectivity index (χ1) is 15.7. The molecule has 0 aliphatic heterocycles. The monoisotopic (exact) mass is 610 g/mol. The molecule has 0 amide bonds. The third-order valence-corrected chi connectivity index (χ3v) is 4.74. The fourth-order valence-electron chi connectivity index (χ4n) is 3.15. The van der Waals surface area contributed by atoms with Gasteiger partial charge in [0.15, 0.2) is 0 Å². The number of hydrogen-bond acceptors (Lipinski definition) is 3. The molecule has 0 aliphatic carbocycles. The summed E-state index contributed by atoms with van der Waals surface area (Å²) in [6, 6.07) is 31.9. The molecule has 0 bridgehead atoms. The van der Waals surface area contributed by atoms with E-state index in [-0.39, 0.29) is 25.9 Å². The molecule has 0 saturated heterocycles. The molecule has 3 heterocycles. The Kier molecular flexibility index (Phi) is 8.70. The summed E-state index contributed by atoms with van der Waals surface area (Å²) in [6.07, 6.45) is 5.31. The Morgan fingerprint density at radius 3 is 1.97 bits per heavy atom. The molecule has 3 nitrogen and oxygen atoms in total. The Hall–Kier alpha value is -3.53. The maximum absolute atomic E-state index is 13.2. The third-order valence-electron chi connectivity index (χ3n) is 4.74. The molecule has 0 spiro atoms. The molecule has 0 N–H and O–H groups in total. The minimum atomic E-state index is -0.285. The van der Waals surface area contributed by atoms with Crippen molar-refractivity contribution in [1.82, 2.24) is 15.0 Å². The standard InChI is InChI=1S/C17H12FN2.C11H8N.Ir/c1-12-9-17(13-5-4-6-14(18)10-13)20-11-15(12)16-7-2-3-8-19-16;1-2-6-10(7-3-1)11-8-4-5-9-12-11;/h2-4,6-11H,1H3;1-6,8-9H;/q2*-1;. The molecule has 5 heteroatoms. The zero-order chi connectivity index (χ0) is 22.2. The van der Waals surface area contributed by atoms with Gasteiger partial charge in [0.1, 0.15) is 0 Å². The number of halogens is 1. The smallest absolute Gasteiger partial charge is 0.0719 e. The Balaban J connectivity index is 0.000000202. The van der Waals surface area contributed by atoms with Crippen molar-refractivity contribution in [3.8, 4) is 33.8 Å². The second-order valence-corrected chi connectivity index (χ2v) is 7.01. The largest absolute Gasteiger partial charge is 0.305 e. The van der Waals surface area contributed by atoms with Crippen LogP contribution in [0, 0.1) is 24.9 Å². The van der Waals surface area contributed by atoms with Crippen LogP contribution in [0.3, 0.4) is 0 Å². The second-order valence-electron chi connectivity index (χ2n) is 7.01. The van der Waals surface area contributed by atoms with Gasteiger partial charge in [-0.1, -0.05) is 24.3 Å². The van der Waals surface area contributed by atoms with Crippen LogP contribution in [0.4, 0.5) is 4.39 Å². The molecule has 2 aromatic carbocycles. The summed E-state index contributed by atoms with van der Waals surface area (Å²) < 4.78 is 13.2. The van der Waals surface area contributed by atoms with Crippen molar-refractivity contribution in [2.24, 2.45) is 0 Å². The molecule has 0 unspecified atom stereocenters. The van der Waals surface area contributed by atoms with Crippen LogP contribution in [0.2, 0.25) is 0 Å². The van der Waals surface area contributed by atoms with Gasteiger partial charge in [0.05, 0.1) is 5.69 Å². The summed E-state index contributed by atoms with van der Waals surface area (Å²) in [5, 5.41) is 0. The van der Waals surface area contributed by atoms with Gasteiger partial charge < -0.3 is 9.97 Å². The quantitative estimate of drug-likeness (QED) is 0.216. The number of benzene rings is 2. The van der Waals surface area contributed by atoms with E-state index >= 15 is 0 Å². The molecule has 5 aromatic rings. The van der Waals surface area contributed by atoms with Crippen LogP contribution in [-0.4, -0.2) is 15.0 Å². The Bertz CT molecular complexity index is 1240. The molecule has 0 saturated carbocycles. The third kappa shape index (κ3) is 6.48. The average molecular weight is 610 g/mol. The number of aryl methyl sites for hydroxylation is 1. The minimum absolute atomic E-state index is 0. The van der Waals surface area contributed by atoms with Crippen molar-refractivity contribution in [2.75, 3.05) is 0 Å². The van der Waals surface area contributed by atoms with Gasteiger partial charge >= 0.3 is 0 Å². The minimum Gasteiger partial charge on any atom is -0.305 e. The van der Waals surface area contributed by atoms with E-state index in [2.05, 4.69) is 27.1 Å². The number of aromatic nitrogens is 3. The molecule has 0 fully saturated rings. The van der Waals surface area contributed by atoms with Crippen molar-refractivity contribution >= 4 is 0 Å². The normalized spacial score (nSPS) is 9.88. The van der Waals surface area contributed by atoms with Crippen molar-refractivity contribution in [3.05, 3.63) is 127 Å². The number of pyridine rings is 3. The molecular formula is C28H20FIrN3-2. The number of hydrogen-bond donors (Lipinski definition) is 0. The number of nitrogens with zero attached hydrogens (tertiary/aromatic N) is 3. The van der Waals surface area contributed by atoms with E-state index in [9.17, 15) is 4.39 Å². The molecule has 3 aromatic heterocycles. The van der Waals surface area contributed by atoms with Gasteiger partial charge in [-0.05, 0) is 42.1 Å². The van der Waals surface area contributed by atoms with Gasteiger partial charge in [-0.2, -0.15) is 0 Å². The van der Waals surface area contributed by atoms with Gasteiger partial charge in [0.25, 0.3) is 0 Å². The summed E-state index contributed by atoms with van der Waals surface area (Å²) in [6.45, 7) is 1.99. The Labute approximate surface area is 206 Å².